The SMILES string of the molecule is COc1ccc([C@@H]2[C@H](C(=O)N3CCN(Cc4ccccc4)CC3)c3ccccc3C(=O)N2C)cc1. The molecule has 2 amide bonds. The monoisotopic (exact) mass is 469 g/mol. The summed E-state index contributed by atoms with van der Waals surface area (Å²) in [6.07, 6.45) is 0. The van der Waals surface area contributed by atoms with Crippen molar-refractivity contribution in [3.8, 4) is 5.75 Å². The number of methoxy groups -OCH3 is 1. The van der Waals surface area contributed by atoms with Gasteiger partial charge in [-0.1, -0.05) is 60.7 Å². The molecule has 180 valence electrons. The molecule has 3 aromatic carbocycles. The molecule has 1 saturated heterocycles. The lowest BCUT2D eigenvalue weighted by molar-refractivity contribution is -0.136. The summed E-state index contributed by atoms with van der Waals surface area (Å²) in [6.45, 7) is 3.91. The fourth-order valence-electron chi connectivity index (χ4n) is 5.32. The second kappa shape index (κ2) is 9.92. The Morgan fingerprint density at radius 1 is 0.886 bits per heavy atom. The zero-order chi connectivity index (χ0) is 24.4. The van der Waals surface area contributed by atoms with Gasteiger partial charge in [0.15, 0.2) is 0 Å². The number of nitrogens with zero attached hydrogens (tertiary/aromatic N) is 3. The molecular weight excluding hydrogens is 438 g/mol. The normalized spacial score (nSPS) is 20.5. The van der Waals surface area contributed by atoms with Crippen molar-refractivity contribution in [2.75, 3.05) is 40.3 Å². The minimum Gasteiger partial charge on any atom is -0.497 e. The van der Waals surface area contributed by atoms with Crippen LogP contribution in [0.2, 0.25) is 0 Å². The number of amides is 2. The average Bonchev–Trinajstić information content (AvgIpc) is 2.91. The highest BCUT2D eigenvalue weighted by Gasteiger charge is 2.44. The van der Waals surface area contributed by atoms with Crippen LogP contribution < -0.4 is 4.74 Å². The van der Waals surface area contributed by atoms with Crippen molar-refractivity contribution in [3.05, 3.63) is 101 Å². The zero-order valence-electron chi connectivity index (χ0n) is 20.3. The van der Waals surface area contributed by atoms with Gasteiger partial charge in [0.2, 0.25) is 5.91 Å². The van der Waals surface area contributed by atoms with Crippen LogP contribution in [0.25, 0.3) is 0 Å². The van der Waals surface area contributed by atoms with Gasteiger partial charge in [-0.25, -0.2) is 0 Å². The van der Waals surface area contributed by atoms with Gasteiger partial charge < -0.3 is 14.5 Å². The van der Waals surface area contributed by atoms with Crippen LogP contribution in [0.15, 0.2) is 78.9 Å². The molecule has 0 saturated carbocycles. The van der Waals surface area contributed by atoms with Gasteiger partial charge in [0.1, 0.15) is 5.75 Å². The van der Waals surface area contributed by atoms with Gasteiger partial charge >= 0.3 is 0 Å². The smallest absolute Gasteiger partial charge is 0.254 e. The standard InChI is InChI=1S/C29H31N3O3/c1-30-27(22-12-14-23(35-2)15-13-22)26(24-10-6-7-11-25(24)28(30)33)29(34)32-18-16-31(17-19-32)20-21-8-4-3-5-9-21/h3-15,26-27H,16-20H2,1-2H3/t26-,27-/m1/s1. The average molecular weight is 470 g/mol. The number of ether oxygens (including phenoxy) is 1. The summed E-state index contributed by atoms with van der Waals surface area (Å²) < 4.78 is 5.32. The lowest BCUT2D eigenvalue weighted by Crippen LogP contribution is -2.52. The third kappa shape index (κ3) is 4.54. The summed E-state index contributed by atoms with van der Waals surface area (Å²) in [5, 5.41) is 0. The van der Waals surface area contributed by atoms with Crippen molar-refractivity contribution in [1.29, 1.82) is 0 Å². The van der Waals surface area contributed by atoms with Crippen LogP contribution in [0, 0.1) is 0 Å². The fraction of sp³-hybridized carbons (Fsp3) is 0.310. The lowest BCUT2D eigenvalue weighted by atomic mass is 9.79. The van der Waals surface area contributed by atoms with Crippen LogP contribution in [0.4, 0.5) is 0 Å². The molecule has 6 heteroatoms. The molecule has 0 unspecified atom stereocenters. The topological polar surface area (TPSA) is 53.1 Å². The molecule has 2 aliphatic rings. The number of likely N-dealkylation sites (N-methyl/N-ethyl adjacent to an activating group) is 1. The molecule has 0 aliphatic carbocycles. The predicted octanol–water partition coefficient (Wildman–Crippen LogP) is 3.95. The molecule has 0 aromatic heterocycles. The molecule has 0 bridgehead atoms. The third-order valence-electron chi connectivity index (χ3n) is 7.24. The second-order valence-electron chi connectivity index (χ2n) is 9.29. The van der Waals surface area contributed by atoms with Crippen LogP contribution in [0.1, 0.15) is 39.0 Å². The van der Waals surface area contributed by atoms with Gasteiger partial charge in [-0.15, -0.1) is 0 Å². The summed E-state index contributed by atoms with van der Waals surface area (Å²) in [6, 6.07) is 25.3. The van der Waals surface area contributed by atoms with E-state index in [-0.39, 0.29) is 17.9 Å². The van der Waals surface area contributed by atoms with Crippen molar-refractivity contribution < 1.29 is 14.3 Å². The maximum atomic E-state index is 14.1. The highest BCUT2D eigenvalue weighted by atomic mass is 16.5. The molecular formula is C29H31N3O3. The van der Waals surface area contributed by atoms with Crippen LogP contribution in [0.5, 0.6) is 5.75 Å². The summed E-state index contributed by atoms with van der Waals surface area (Å²) >= 11 is 0. The van der Waals surface area contributed by atoms with Gasteiger partial charge in [0.25, 0.3) is 5.91 Å². The first kappa shape index (κ1) is 23.1. The lowest BCUT2D eigenvalue weighted by Gasteiger charge is -2.43. The minimum atomic E-state index is -0.456. The van der Waals surface area contributed by atoms with Gasteiger partial charge in [-0.3, -0.25) is 14.5 Å². The first-order valence-electron chi connectivity index (χ1n) is 12.1. The molecule has 2 heterocycles. The van der Waals surface area contributed by atoms with Crippen LogP contribution >= 0.6 is 0 Å². The molecule has 2 atom stereocenters. The highest BCUT2D eigenvalue weighted by Crippen LogP contribution is 2.43. The van der Waals surface area contributed by atoms with E-state index < -0.39 is 5.92 Å². The molecule has 3 aromatic rings. The van der Waals surface area contributed by atoms with Crippen molar-refractivity contribution in [1.82, 2.24) is 14.7 Å². The summed E-state index contributed by atoms with van der Waals surface area (Å²) in [4.78, 5) is 33.4. The molecule has 0 radical (unpaired) electrons. The molecule has 0 N–H and O–H groups in total. The summed E-state index contributed by atoms with van der Waals surface area (Å²) in [5.74, 6) is 0.314. The third-order valence-corrected chi connectivity index (χ3v) is 7.24. The first-order valence-corrected chi connectivity index (χ1v) is 12.1. The molecule has 0 spiro atoms. The Kier molecular flexibility index (Phi) is 6.55. The first-order chi connectivity index (χ1) is 17.1. The summed E-state index contributed by atoms with van der Waals surface area (Å²) in [5.41, 5.74) is 3.64. The van der Waals surface area contributed by atoms with E-state index >= 15 is 0 Å². The number of rotatable bonds is 5. The molecule has 5 rings (SSSR count). The number of hydrogen-bond donors (Lipinski definition) is 0. The number of fused-ring (bicyclic) bond motifs is 1. The molecule has 1 fully saturated rings. The zero-order valence-corrected chi connectivity index (χ0v) is 20.3. The Hall–Kier alpha value is -3.64. The number of hydrogen-bond acceptors (Lipinski definition) is 4. The number of carbonyl (C=O) groups is 2. The Bertz CT molecular complexity index is 1190. The van der Waals surface area contributed by atoms with Crippen LogP contribution in [-0.4, -0.2) is 66.9 Å². The van der Waals surface area contributed by atoms with Gasteiger partial charge in [0.05, 0.1) is 19.1 Å². The Balaban J connectivity index is 1.41. The van der Waals surface area contributed by atoms with E-state index in [1.807, 2.05) is 59.5 Å². The largest absolute Gasteiger partial charge is 0.497 e. The molecule has 35 heavy (non-hydrogen) atoms. The van der Waals surface area contributed by atoms with E-state index in [0.717, 1.165) is 36.5 Å². The van der Waals surface area contributed by atoms with Gasteiger partial charge in [-0.2, -0.15) is 0 Å². The minimum absolute atomic E-state index is 0.0573. The van der Waals surface area contributed by atoms with Crippen LogP contribution in [-0.2, 0) is 11.3 Å². The number of carbonyl (C=O) groups excluding carboxylic acids is 2. The van der Waals surface area contributed by atoms with E-state index in [9.17, 15) is 9.59 Å². The summed E-state index contributed by atoms with van der Waals surface area (Å²) in [7, 11) is 3.43. The van der Waals surface area contributed by atoms with E-state index in [0.29, 0.717) is 18.7 Å². The van der Waals surface area contributed by atoms with E-state index in [2.05, 4.69) is 29.2 Å². The maximum Gasteiger partial charge on any atom is 0.254 e. The second-order valence-corrected chi connectivity index (χ2v) is 9.29. The Morgan fingerprint density at radius 3 is 2.23 bits per heavy atom. The highest BCUT2D eigenvalue weighted by molar-refractivity contribution is 6.01. The predicted molar refractivity (Wildman–Crippen MR) is 135 cm³/mol. The van der Waals surface area contributed by atoms with E-state index in [4.69, 9.17) is 4.74 Å². The van der Waals surface area contributed by atoms with Crippen molar-refractivity contribution in [2.24, 2.45) is 0 Å². The van der Waals surface area contributed by atoms with Crippen molar-refractivity contribution in [3.63, 3.8) is 0 Å². The van der Waals surface area contributed by atoms with Gasteiger partial charge in [-0.05, 0) is 34.9 Å². The number of benzene rings is 3. The van der Waals surface area contributed by atoms with E-state index in [1.54, 1.807) is 19.1 Å². The molecule has 2 aliphatic heterocycles. The number of piperazine rings is 1. The maximum absolute atomic E-state index is 14.1. The van der Waals surface area contributed by atoms with E-state index in [1.165, 1.54) is 5.56 Å². The van der Waals surface area contributed by atoms with Crippen molar-refractivity contribution in [2.45, 2.75) is 18.5 Å². The van der Waals surface area contributed by atoms with Gasteiger partial charge in [0, 0.05) is 45.3 Å². The fourth-order valence-corrected chi connectivity index (χ4v) is 5.32. The Labute approximate surface area is 206 Å². The quantitative estimate of drug-likeness (QED) is 0.568. The Morgan fingerprint density at radius 2 is 1.54 bits per heavy atom. The van der Waals surface area contributed by atoms with Crippen molar-refractivity contribution >= 4 is 11.8 Å². The molecule has 6 nitrogen and oxygen atoms in total. The van der Waals surface area contributed by atoms with Crippen LogP contribution in [0.3, 0.4) is 0 Å².